The van der Waals surface area contributed by atoms with Crippen LogP contribution in [0.1, 0.15) is 64.2 Å². The molecule has 0 aliphatic heterocycles. The van der Waals surface area contributed by atoms with Crippen molar-refractivity contribution in [1.82, 2.24) is 10.6 Å². The molecule has 5 aliphatic rings. The monoisotopic (exact) mass is 348 g/mol. The zero-order chi connectivity index (χ0) is 17.7. The van der Waals surface area contributed by atoms with Crippen LogP contribution in [0.25, 0.3) is 0 Å². The summed E-state index contributed by atoms with van der Waals surface area (Å²) in [6, 6.07) is 0. The Balaban J connectivity index is 1.27. The molecular formula is C19H28N2O4. The van der Waals surface area contributed by atoms with Crippen molar-refractivity contribution in [3.8, 4) is 0 Å². The Kier molecular flexibility index (Phi) is 4.04. The number of carboxylic acid groups (broad SMARTS) is 1. The maximum absolute atomic E-state index is 12.4. The van der Waals surface area contributed by atoms with E-state index in [2.05, 4.69) is 10.6 Å². The summed E-state index contributed by atoms with van der Waals surface area (Å²) in [5.74, 6) is 0.965. The van der Waals surface area contributed by atoms with Gasteiger partial charge in [0.05, 0.1) is 6.54 Å². The largest absolute Gasteiger partial charge is 0.480 e. The summed E-state index contributed by atoms with van der Waals surface area (Å²) in [5.41, 5.74) is -0.951. The number of nitrogens with one attached hydrogen (secondary N) is 2. The van der Waals surface area contributed by atoms with Gasteiger partial charge in [-0.2, -0.15) is 0 Å². The standard InChI is InChI=1S/C19H28N2O4/c22-15(20-11-16(23)21-19(17(24)25)2-1-3-19)10-18-7-12-4-13(8-18)6-14(5-12)9-18/h12-14H,1-11H2,(H,20,22)(H,21,23)(H,24,25). The van der Waals surface area contributed by atoms with Gasteiger partial charge < -0.3 is 15.7 Å². The second-order valence-corrected chi connectivity index (χ2v) is 9.16. The zero-order valence-corrected chi connectivity index (χ0v) is 14.7. The fourth-order valence-corrected chi connectivity index (χ4v) is 6.32. The van der Waals surface area contributed by atoms with Gasteiger partial charge in [0.25, 0.3) is 0 Å². The molecule has 0 spiro atoms. The predicted molar refractivity (Wildman–Crippen MR) is 90.6 cm³/mol. The lowest BCUT2D eigenvalue weighted by Gasteiger charge is -2.56. The van der Waals surface area contributed by atoms with Crippen LogP contribution in [0.2, 0.25) is 0 Å². The molecule has 0 atom stereocenters. The Morgan fingerprint density at radius 1 is 0.920 bits per heavy atom. The number of rotatable bonds is 6. The van der Waals surface area contributed by atoms with Crippen molar-refractivity contribution in [2.45, 2.75) is 69.7 Å². The van der Waals surface area contributed by atoms with Gasteiger partial charge in [-0.05, 0) is 81.0 Å². The van der Waals surface area contributed by atoms with Gasteiger partial charge >= 0.3 is 5.97 Å². The normalized spacial score (nSPS) is 37.2. The third-order valence-corrected chi connectivity index (χ3v) is 7.14. The lowest BCUT2D eigenvalue weighted by molar-refractivity contribution is -0.151. The molecule has 0 aromatic heterocycles. The number of carbonyl (C=O) groups excluding carboxylic acids is 2. The number of hydrogen-bond donors (Lipinski definition) is 3. The number of carboxylic acids is 1. The van der Waals surface area contributed by atoms with Crippen LogP contribution in [0.5, 0.6) is 0 Å². The number of aliphatic carboxylic acids is 1. The number of amides is 2. The summed E-state index contributed by atoms with van der Waals surface area (Å²) in [6.07, 6.45) is 9.81. The molecule has 5 rings (SSSR count). The molecule has 5 saturated carbocycles. The third-order valence-electron chi connectivity index (χ3n) is 7.14. The molecule has 3 N–H and O–H groups in total. The van der Waals surface area contributed by atoms with Crippen LogP contribution >= 0.6 is 0 Å². The van der Waals surface area contributed by atoms with Crippen LogP contribution in [0.3, 0.4) is 0 Å². The molecular weight excluding hydrogens is 320 g/mol. The molecule has 0 radical (unpaired) electrons. The Bertz CT molecular complexity index is 561. The molecule has 2 amide bonds. The first-order valence-corrected chi connectivity index (χ1v) is 9.69. The van der Waals surface area contributed by atoms with E-state index in [4.69, 9.17) is 0 Å². The van der Waals surface area contributed by atoms with Crippen molar-refractivity contribution in [3.63, 3.8) is 0 Å². The lowest BCUT2D eigenvalue weighted by atomic mass is 9.49. The van der Waals surface area contributed by atoms with Gasteiger partial charge in [0, 0.05) is 6.42 Å². The number of hydrogen-bond acceptors (Lipinski definition) is 3. The van der Waals surface area contributed by atoms with Crippen molar-refractivity contribution in [3.05, 3.63) is 0 Å². The first-order chi connectivity index (χ1) is 11.9. The van der Waals surface area contributed by atoms with E-state index in [-0.39, 0.29) is 17.9 Å². The molecule has 6 heteroatoms. The molecule has 0 saturated heterocycles. The van der Waals surface area contributed by atoms with Crippen LogP contribution in [0.4, 0.5) is 0 Å². The van der Waals surface area contributed by atoms with Crippen LogP contribution in [0.15, 0.2) is 0 Å². The van der Waals surface area contributed by atoms with Crippen molar-refractivity contribution in [2.75, 3.05) is 6.54 Å². The van der Waals surface area contributed by atoms with Gasteiger partial charge in [0.2, 0.25) is 11.8 Å². The van der Waals surface area contributed by atoms with Gasteiger partial charge in [-0.15, -0.1) is 0 Å². The SMILES string of the molecule is O=C(CC12CC3CC(CC(C3)C1)C2)NCC(=O)NC1(C(=O)O)CCC1. The minimum absolute atomic E-state index is 0.0601. The van der Waals surface area contributed by atoms with E-state index in [0.29, 0.717) is 19.3 Å². The van der Waals surface area contributed by atoms with E-state index in [1.807, 2.05) is 0 Å². The minimum atomic E-state index is -1.11. The van der Waals surface area contributed by atoms with Gasteiger partial charge in [-0.1, -0.05) is 0 Å². The molecule has 25 heavy (non-hydrogen) atoms. The van der Waals surface area contributed by atoms with E-state index >= 15 is 0 Å². The van der Waals surface area contributed by atoms with Crippen molar-refractivity contribution >= 4 is 17.8 Å². The van der Waals surface area contributed by atoms with Crippen LogP contribution < -0.4 is 10.6 Å². The van der Waals surface area contributed by atoms with Gasteiger partial charge in [-0.3, -0.25) is 9.59 Å². The maximum Gasteiger partial charge on any atom is 0.329 e. The molecule has 0 unspecified atom stereocenters. The smallest absolute Gasteiger partial charge is 0.329 e. The summed E-state index contributed by atoms with van der Waals surface area (Å²) in [7, 11) is 0. The van der Waals surface area contributed by atoms with Gasteiger partial charge in [0.15, 0.2) is 0 Å². The Hall–Kier alpha value is -1.59. The predicted octanol–water partition coefficient (Wildman–Crippen LogP) is 1.83. The molecule has 138 valence electrons. The van der Waals surface area contributed by atoms with E-state index in [9.17, 15) is 19.5 Å². The lowest BCUT2D eigenvalue weighted by Crippen LogP contribution is -2.60. The topological polar surface area (TPSA) is 95.5 Å². The fraction of sp³-hybridized carbons (Fsp3) is 0.842. The second-order valence-electron chi connectivity index (χ2n) is 9.16. The van der Waals surface area contributed by atoms with Gasteiger partial charge in [0.1, 0.15) is 5.54 Å². The molecule has 0 heterocycles. The summed E-state index contributed by atoms with van der Waals surface area (Å²) in [4.78, 5) is 35.7. The summed E-state index contributed by atoms with van der Waals surface area (Å²) < 4.78 is 0. The quantitative estimate of drug-likeness (QED) is 0.682. The number of carbonyl (C=O) groups is 3. The molecule has 6 nitrogen and oxygen atoms in total. The Morgan fingerprint density at radius 2 is 1.48 bits per heavy atom. The first kappa shape index (κ1) is 16.9. The summed E-state index contributed by atoms with van der Waals surface area (Å²) >= 11 is 0. The highest BCUT2D eigenvalue weighted by molar-refractivity contribution is 5.90. The maximum atomic E-state index is 12.4. The highest BCUT2D eigenvalue weighted by Gasteiger charge is 2.51. The second kappa shape index (κ2) is 5.99. The highest BCUT2D eigenvalue weighted by atomic mass is 16.4. The average Bonchev–Trinajstić information content (AvgIpc) is 2.46. The average molecular weight is 348 g/mol. The zero-order valence-electron chi connectivity index (χ0n) is 14.7. The highest BCUT2D eigenvalue weighted by Crippen LogP contribution is 2.61. The van der Waals surface area contributed by atoms with E-state index < -0.39 is 17.4 Å². The molecule has 0 aromatic carbocycles. The van der Waals surface area contributed by atoms with E-state index in [1.165, 1.54) is 38.5 Å². The van der Waals surface area contributed by atoms with Crippen LogP contribution in [0, 0.1) is 23.2 Å². The molecule has 5 fully saturated rings. The van der Waals surface area contributed by atoms with Crippen molar-refractivity contribution in [2.24, 2.45) is 23.2 Å². The fourth-order valence-electron chi connectivity index (χ4n) is 6.32. The molecule has 5 aliphatic carbocycles. The first-order valence-electron chi connectivity index (χ1n) is 9.69. The Labute approximate surface area is 148 Å². The molecule has 4 bridgehead atoms. The summed E-state index contributed by atoms with van der Waals surface area (Å²) in [5, 5.41) is 14.6. The van der Waals surface area contributed by atoms with Gasteiger partial charge in [-0.25, -0.2) is 4.79 Å². The summed E-state index contributed by atoms with van der Waals surface area (Å²) in [6.45, 7) is -0.125. The van der Waals surface area contributed by atoms with E-state index in [1.54, 1.807) is 0 Å². The Morgan fingerprint density at radius 3 is 1.92 bits per heavy atom. The molecule has 0 aromatic rings. The van der Waals surface area contributed by atoms with Crippen LogP contribution in [-0.4, -0.2) is 35.0 Å². The van der Waals surface area contributed by atoms with E-state index in [0.717, 1.165) is 24.2 Å². The minimum Gasteiger partial charge on any atom is -0.480 e. The van der Waals surface area contributed by atoms with Crippen molar-refractivity contribution < 1.29 is 19.5 Å². The van der Waals surface area contributed by atoms with Crippen molar-refractivity contribution in [1.29, 1.82) is 0 Å². The van der Waals surface area contributed by atoms with Crippen LogP contribution in [-0.2, 0) is 14.4 Å². The third kappa shape index (κ3) is 3.15.